The predicted octanol–water partition coefficient (Wildman–Crippen LogP) is 2.25. The van der Waals surface area contributed by atoms with E-state index in [2.05, 4.69) is 49.6 Å². The van der Waals surface area contributed by atoms with Crippen LogP contribution in [0, 0.1) is 0 Å². The van der Waals surface area contributed by atoms with Crippen LogP contribution in [0.3, 0.4) is 0 Å². The Bertz CT molecular complexity index is 812. The molecule has 27 heavy (non-hydrogen) atoms. The molecular weight excluding hydrogens is 358 g/mol. The van der Waals surface area contributed by atoms with Gasteiger partial charge in [0.15, 0.2) is 5.71 Å². The number of hydrogen-bond donors (Lipinski definition) is 0. The first-order valence-corrected chi connectivity index (χ1v) is 9.47. The summed E-state index contributed by atoms with van der Waals surface area (Å²) in [7, 11) is 0. The molecule has 0 aliphatic carbocycles. The second-order valence-corrected chi connectivity index (χ2v) is 7.48. The van der Waals surface area contributed by atoms with E-state index in [0.29, 0.717) is 12.2 Å². The molecule has 3 rings (SSSR count). The standard InChI is InChI=1S/C23H28NO2.ClH/c1-18-23(2,3)20-14-9-10-15-21(20)24(18)17-11-5-8-16-22(25)26-19-12-6-4-7-13-19;/h4,6-7,9-10,12-15H,5,8,11,16-17H2,1-3H3;1H/q+1;/p-1. The summed E-state index contributed by atoms with van der Waals surface area (Å²) >= 11 is 0. The van der Waals surface area contributed by atoms with Crippen LogP contribution in [0.2, 0.25) is 0 Å². The molecule has 1 aliphatic heterocycles. The molecule has 0 amide bonds. The van der Waals surface area contributed by atoms with Crippen LogP contribution in [0.15, 0.2) is 54.6 Å². The van der Waals surface area contributed by atoms with Gasteiger partial charge in [0, 0.05) is 31.4 Å². The smallest absolute Gasteiger partial charge is 0.311 e. The van der Waals surface area contributed by atoms with Gasteiger partial charge in [0.25, 0.3) is 0 Å². The highest BCUT2D eigenvalue weighted by Crippen LogP contribution is 2.39. The molecule has 3 nitrogen and oxygen atoms in total. The minimum Gasteiger partial charge on any atom is -1.00 e. The lowest BCUT2D eigenvalue weighted by Gasteiger charge is -2.14. The first-order chi connectivity index (χ1) is 12.5. The molecule has 0 saturated carbocycles. The average molecular weight is 386 g/mol. The summed E-state index contributed by atoms with van der Waals surface area (Å²) in [5.41, 5.74) is 4.24. The van der Waals surface area contributed by atoms with Gasteiger partial charge in [-0.05, 0) is 38.8 Å². The maximum absolute atomic E-state index is 11.9. The second kappa shape index (κ2) is 9.18. The largest absolute Gasteiger partial charge is 1.00 e. The Kier molecular flexibility index (Phi) is 7.20. The van der Waals surface area contributed by atoms with E-state index in [1.807, 2.05) is 30.3 Å². The highest BCUT2D eigenvalue weighted by atomic mass is 35.5. The van der Waals surface area contributed by atoms with Gasteiger partial charge >= 0.3 is 5.97 Å². The normalized spacial score (nSPS) is 14.5. The van der Waals surface area contributed by atoms with Gasteiger partial charge in [0.2, 0.25) is 5.69 Å². The topological polar surface area (TPSA) is 29.3 Å². The fourth-order valence-corrected chi connectivity index (χ4v) is 3.63. The van der Waals surface area contributed by atoms with Gasteiger partial charge in [0.05, 0.1) is 5.41 Å². The van der Waals surface area contributed by atoms with Crippen molar-refractivity contribution in [2.75, 3.05) is 6.54 Å². The van der Waals surface area contributed by atoms with Crippen LogP contribution in [0.4, 0.5) is 5.69 Å². The van der Waals surface area contributed by atoms with Crippen LogP contribution in [0.5, 0.6) is 5.75 Å². The van der Waals surface area contributed by atoms with Crippen molar-refractivity contribution in [3.05, 3.63) is 60.2 Å². The number of halogens is 1. The Hall–Kier alpha value is -2.13. The predicted molar refractivity (Wildman–Crippen MR) is 105 cm³/mol. The van der Waals surface area contributed by atoms with E-state index in [1.54, 1.807) is 0 Å². The lowest BCUT2D eigenvalue weighted by Crippen LogP contribution is -3.00. The maximum atomic E-state index is 11.9. The highest BCUT2D eigenvalue weighted by molar-refractivity contribution is 5.93. The number of ether oxygens (including phenoxy) is 1. The Morgan fingerprint density at radius 3 is 2.37 bits per heavy atom. The summed E-state index contributed by atoms with van der Waals surface area (Å²) in [6.07, 6.45) is 3.43. The molecule has 0 radical (unpaired) electrons. The molecule has 1 heterocycles. The van der Waals surface area contributed by atoms with E-state index >= 15 is 0 Å². The zero-order valence-corrected chi connectivity index (χ0v) is 17.1. The third-order valence-corrected chi connectivity index (χ3v) is 5.42. The number of benzene rings is 2. The summed E-state index contributed by atoms with van der Waals surface area (Å²) in [6.45, 7) is 7.82. The van der Waals surface area contributed by atoms with Gasteiger partial charge < -0.3 is 17.1 Å². The summed E-state index contributed by atoms with van der Waals surface area (Å²) < 4.78 is 7.77. The van der Waals surface area contributed by atoms with Gasteiger partial charge in [-0.3, -0.25) is 4.79 Å². The van der Waals surface area contributed by atoms with Crippen molar-refractivity contribution in [1.29, 1.82) is 0 Å². The maximum Gasteiger partial charge on any atom is 0.311 e. The first-order valence-electron chi connectivity index (χ1n) is 9.47. The average Bonchev–Trinajstić information content (AvgIpc) is 2.83. The number of nitrogens with zero attached hydrogens (tertiary/aromatic N) is 1. The Balaban J connectivity index is 0.00000261. The molecule has 144 valence electrons. The van der Waals surface area contributed by atoms with Crippen molar-refractivity contribution in [3.63, 3.8) is 0 Å². The molecule has 1 aliphatic rings. The van der Waals surface area contributed by atoms with Crippen LogP contribution in [0.25, 0.3) is 0 Å². The molecule has 2 aromatic carbocycles. The molecule has 0 unspecified atom stereocenters. The summed E-state index contributed by atoms with van der Waals surface area (Å²) in [6, 6.07) is 18.0. The number of hydrogen-bond acceptors (Lipinski definition) is 2. The minimum absolute atomic E-state index is 0. The quantitative estimate of drug-likeness (QED) is 0.316. The zero-order valence-electron chi connectivity index (χ0n) is 16.4. The summed E-state index contributed by atoms with van der Waals surface area (Å²) in [4.78, 5) is 11.9. The van der Waals surface area contributed by atoms with Crippen molar-refractivity contribution in [3.8, 4) is 5.75 Å². The molecule has 0 aromatic heterocycles. The van der Waals surface area contributed by atoms with E-state index in [4.69, 9.17) is 4.74 Å². The molecule has 0 atom stereocenters. The SMILES string of the molecule is CC1=[N+](CCCCCC(=O)Oc2ccccc2)c2ccccc2C1(C)C.[Cl-]. The number of unbranched alkanes of at least 4 members (excludes halogenated alkanes) is 2. The van der Waals surface area contributed by atoms with Crippen LogP contribution in [0.1, 0.15) is 52.0 Å². The van der Waals surface area contributed by atoms with Crippen molar-refractivity contribution >= 4 is 17.4 Å². The van der Waals surface area contributed by atoms with Crippen LogP contribution in [-0.4, -0.2) is 22.8 Å². The van der Waals surface area contributed by atoms with Gasteiger partial charge in [-0.2, -0.15) is 4.58 Å². The van der Waals surface area contributed by atoms with Gasteiger partial charge in [0.1, 0.15) is 12.3 Å². The van der Waals surface area contributed by atoms with Gasteiger partial charge in [-0.15, -0.1) is 0 Å². The number of fused-ring (bicyclic) bond motifs is 1. The van der Waals surface area contributed by atoms with E-state index in [9.17, 15) is 4.79 Å². The molecule has 0 saturated heterocycles. The van der Waals surface area contributed by atoms with Crippen LogP contribution in [-0.2, 0) is 10.2 Å². The molecule has 0 spiro atoms. The lowest BCUT2D eigenvalue weighted by atomic mass is 9.82. The number of rotatable bonds is 7. The van der Waals surface area contributed by atoms with Crippen LogP contribution < -0.4 is 17.1 Å². The van der Waals surface area contributed by atoms with Gasteiger partial charge in [-0.25, -0.2) is 0 Å². The minimum atomic E-state index is -0.147. The monoisotopic (exact) mass is 385 g/mol. The van der Waals surface area contributed by atoms with Crippen molar-refractivity contribution in [2.24, 2.45) is 0 Å². The van der Waals surface area contributed by atoms with E-state index < -0.39 is 0 Å². The number of carbonyl (C=O) groups is 1. The Labute approximate surface area is 168 Å². The molecule has 0 bridgehead atoms. The van der Waals surface area contributed by atoms with Crippen molar-refractivity contribution < 1.29 is 26.5 Å². The lowest BCUT2D eigenvalue weighted by molar-refractivity contribution is -0.439. The van der Waals surface area contributed by atoms with E-state index in [1.165, 1.54) is 17.0 Å². The Morgan fingerprint density at radius 2 is 1.63 bits per heavy atom. The molecular formula is C23H28ClNO2. The summed E-state index contributed by atoms with van der Waals surface area (Å²) in [5.74, 6) is 0.477. The zero-order chi connectivity index (χ0) is 18.6. The Morgan fingerprint density at radius 1 is 0.963 bits per heavy atom. The third kappa shape index (κ3) is 4.78. The fourth-order valence-electron chi connectivity index (χ4n) is 3.63. The van der Waals surface area contributed by atoms with E-state index in [-0.39, 0.29) is 23.8 Å². The molecule has 4 heteroatoms. The second-order valence-electron chi connectivity index (χ2n) is 7.48. The number of carbonyl (C=O) groups excluding carboxylic acids is 1. The van der Waals surface area contributed by atoms with E-state index in [0.717, 1.165) is 25.8 Å². The third-order valence-electron chi connectivity index (χ3n) is 5.42. The number of esters is 1. The molecule has 0 fully saturated rings. The molecule has 0 N–H and O–H groups in total. The first kappa shape index (κ1) is 21.2. The van der Waals surface area contributed by atoms with Crippen LogP contribution >= 0.6 is 0 Å². The van der Waals surface area contributed by atoms with Gasteiger partial charge in [-0.1, -0.05) is 36.4 Å². The number of para-hydroxylation sites is 2. The van der Waals surface area contributed by atoms with Crippen molar-refractivity contribution in [2.45, 2.75) is 51.9 Å². The highest BCUT2D eigenvalue weighted by Gasteiger charge is 2.42. The fraction of sp³-hybridized carbons (Fsp3) is 0.391. The summed E-state index contributed by atoms with van der Waals surface area (Å²) in [5, 5.41) is 0. The van der Waals surface area contributed by atoms with Crippen molar-refractivity contribution in [1.82, 2.24) is 0 Å². The molecule has 2 aromatic rings.